The molecule has 0 saturated carbocycles. The highest BCUT2D eigenvalue weighted by Crippen LogP contribution is 2.36. The lowest BCUT2D eigenvalue weighted by Gasteiger charge is -2.41. The fourth-order valence-corrected chi connectivity index (χ4v) is 2.80. The molecule has 0 bridgehead atoms. The van der Waals surface area contributed by atoms with Crippen molar-refractivity contribution in [3.63, 3.8) is 0 Å². The lowest BCUT2D eigenvalue weighted by molar-refractivity contribution is -0.147. The van der Waals surface area contributed by atoms with E-state index in [1.807, 2.05) is 41.3 Å². The molecule has 0 radical (unpaired) electrons. The Morgan fingerprint density at radius 1 is 1.05 bits per heavy atom. The number of carbonyl (C=O) groups is 1. The van der Waals surface area contributed by atoms with E-state index in [2.05, 4.69) is 12.1 Å². The molecule has 0 N–H and O–H groups in total. The zero-order chi connectivity index (χ0) is 15.5. The molecule has 1 unspecified atom stereocenters. The van der Waals surface area contributed by atoms with E-state index in [9.17, 15) is 4.79 Å². The molecule has 22 heavy (non-hydrogen) atoms. The molecule has 0 aromatic heterocycles. The summed E-state index contributed by atoms with van der Waals surface area (Å²) < 4.78 is 10.6. The largest absolute Gasteiger partial charge is 0.493 e. The van der Waals surface area contributed by atoms with Crippen LogP contribution in [0, 0.1) is 0 Å². The minimum absolute atomic E-state index is 0.168. The van der Waals surface area contributed by atoms with Gasteiger partial charge in [-0.25, -0.2) is 0 Å². The first kappa shape index (κ1) is 14.4. The van der Waals surface area contributed by atoms with Gasteiger partial charge in [-0.2, -0.15) is 0 Å². The topological polar surface area (TPSA) is 38.8 Å². The van der Waals surface area contributed by atoms with Gasteiger partial charge >= 0.3 is 0 Å². The predicted octanol–water partition coefficient (Wildman–Crippen LogP) is 3.18. The second kappa shape index (κ2) is 6.10. The molecule has 1 atom stereocenters. The summed E-state index contributed by atoms with van der Waals surface area (Å²) in [7, 11) is 3.23. The molecule has 2 aromatic carbocycles. The van der Waals surface area contributed by atoms with Gasteiger partial charge in [-0.1, -0.05) is 36.4 Å². The first-order chi connectivity index (χ1) is 10.7. The van der Waals surface area contributed by atoms with Crippen molar-refractivity contribution in [3.05, 3.63) is 59.7 Å². The van der Waals surface area contributed by atoms with Crippen molar-refractivity contribution in [2.75, 3.05) is 14.2 Å². The van der Waals surface area contributed by atoms with Crippen molar-refractivity contribution >= 4 is 5.91 Å². The highest BCUT2D eigenvalue weighted by atomic mass is 16.5. The molecule has 1 heterocycles. The van der Waals surface area contributed by atoms with Crippen LogP contribution in [0.25, 0.3) is 0 Å². The number of nitrogens with zero attached hydrogens (tertiary/aromatic N) is 1. The van der Waals surface area contributed by atoms with Crippen LogP contribution in [0.5, 0.6) is 11.5 Å². The van der Waals surface area contributed by atoms with E-state index >= 15 is 0 Å². The number of benzene rings is 2. The summed E-state index contributed by atoms with van der Waals surface area (Å²) in [5.41, 5.74) is 2.22. The average molecular weight is 297 g/mol. The number of amides is 1. The molecule has 1 fully saturated rings. The molecule has 1 aliphatic heterocycles. The van der Waals surface area contributed by atoms with Crippen LogP contribution in [0.2, 0.25) is 0 Å². The van der Waals surface area contributed by atoms with Gasteiger partial charge in [0.05, 0.1) is 26.7 Å². The molecular weight excluding hydrogens is 278 g/mol. The summed E-state index contributed by atoms with van der Waals surface area (Å²) in [6.07, 6.45) is 0.581. The molecule has 1 aliphatic rings. The SMILES string of the molecule is COc1ccc(CN2C(=O)CC2c2ccccc2)cc1OC. The first-order valence-corrected chi connectivity index (χ1v) is 7.28. The fourth-order valence-electron chi connectivity index (χ4n) is 2.80. The van der Waals surface area contributed by atoms with Crippen LogP contribution < -0.4 is 9.47 Å². The summed E-state index contributed by atoms with van der Waals surface area (Å²) in [5, 5.41) is 0. The fraction of sp³-hybridized carbons (Fsp3) is 0.278. The lowest BCUT2D eigenvalue weighted by Crippen LogP contribution is -2.45. The van der Waals surface area contributed by atoms with Gasteiger partial charge in [-0.05, 0) is 23.3 Å². The van der Waals surface area contributed by atoms with Crippen LogP contribution >= 0.6 is 0 Å². The third-order valence-corrected chi connectivity index (χ3v) is 4.05. The standard InChI is InChI=1S/C18H19NO3/c1-21-16-9-8-13(10-17(16)22-2)12-19-15(11-18(19)20)14-6-4-3-5-7-14/h3-10,15H,11-12H2,1-2H3. The van der Waals surface area contributed by atoms with Crippen molar-refractivity contribution in [3.8, 4) is 11.5 Å². The Hall–Kier alpha value is -2.49. The smallest absolute Gasteiger partial charge is 0.225 e. The number of hydrogen-bond acceptors (Lipinski definition) is 3. The van der Waals surface area contributed by atoms with Crippen molar-refractivity contribution in [2.45, 2.75) is 19.0 Å². The van der Waals surface area contributed by atoms with Gasteiger partial charge in [-0.15, -0.1) is 0 Å². The highest BCUT2D eigenvalue weighted by Gasteiger charge is 2.36. The first-order valence-electron chi connectivity index (χ1n) is 7.28. The van der Waals surface area contributed by atoms with Gasteiger partial charge in [0.15, 0.2) is 11.5 Å². The van der Waals surface area contributed by atoms with Crippen molar-refractivity contribution in [1.29, 1.82) is 0 Å². The van der Waals surface area contributed by atoms with Crippen molar-refractivity contribution in [2.24, 2.45) is 0 Å². The Bertz CT molecular complexity index is 669. The van der Waals surface area contributed by atoms with Gasteiger partial charge in [0, 0.05) is 6.54 Å². The van der Waals surface area contributed by atoms with Gasteiger partial charge in [0.1, 0.15) is 0 Å². The van der Waals surface area contributed by atoms with E-state index in [1.54, 1.807) is 14.2 Å². The minimum atomic E-state index is 0.168. The Labute approximate surface area is 130 Å². The molecule has 4 nitrogen and oxygen atoms in total. The normalized spacial score (nSPS) is 17.1. The number of carbonyl (C=O) groups excluding carboxylic acids is 1. The maximum Gasteiger partial charge on any atom is 0.225 e. The summed E-state index contributed by atoms with van der Waals surface area (Å²) >= 11 is 0. The second-order valence-corrected chi connectivity index (χ2v) is 5.34. The molecule has 0 spiro atoms. The van der Waals surface area contributed by atoms with Crippen LogP contribution in [0.15, 0.2) is 48.5 Å². The van der Waals surface area contributed by atoms with E-state index in [1.165, 1.54) is 5.56 Å². The number of rotatable bonds is 5. The van der Waals surface area contributed by atoms with Gasteiger partial charge < -0.3 is 14.4 Å². The number of hydrogen-bond donors (Lipinski definition) is 0. The molecule has 3 rings (SSSR count). The molecule has 1 saturated heterocycles. The van der Waals surface area contributed by atoms with Crippen LogP contribution in [-0.2, 0) is 11.3 Å². The maximum atomic E-state index is 12.0. The van der Waals surface area contributed by atoms with Crippen molar-refractivity contribution in [1.82, 2.24) is 4.90 Å². The summed E-state index contributed by atoms with van der Waals surface area (Å²) in [6.45, 7) is 0.582. The zero-order valence-corrected chi connectivity index (χ0v) is 12.8. The van der Waals surface area contributed by atoms with Crippen LogP contribution in [0.4, 0.5) is 0 Å². The number of β-lactam (4-membered cyclic amide) rings is 1. The zero-order valence-electron chi connectivity index (χ0n) is 12.8. The van der Waals surface area contributed by atoms with E-state index in [4.69, 9.17) is 9.47 Å². The molecule has 4 heteroatoms. The summed E-state index contributed by atoms with van der Waals surface area (Å²) in [5.74, 6) is 1.56. The third-order valence-electron chi connectivity index (χ3n) is 4.05. The van der Waals surface area contributed by atoms with Gasteiger partial charge in [0.2, 0.25) is 5.91 Å². The predicted molar refractivity (Wildman–Crippen MR) is 83.9 cm³/mol. The van der Waals surface area contributed by atoms with Gasteiger partial charge in [-0.3, -0.25) is 4.79 Å². The Kier molecular flexibility index (Phi) is 4.00. The van der Waals surface area contributed by atoms with Crippen LogP contribution in [0.1, 0.15) is 23.6 Å². The second-order valence-electron chi connectivity index (χ2n) is 5.34. The monoisotopic (exact) mass is 297 g/mol. The molecular formula is C18H19NO3. The maximum absolute atomic E-state index is 12.0. The molecule has 114 valence electrons. The average Bonchev–Trinajstić information content (AvgIpc) is 2.58. The Balaban J connectivity index is 1.78. The van der Waals surface area contributed by atoms with Crippen LogP contribution in [0.3, 0.4) is 0 Å². The quantitative estimate of drug-likeness (QED) is 0.796. The number of ether oxygens (including phenoxy) is 2. The highest BCUT2D eigenvalue weighted by molar-refractivity contribution is 5.83. The van der Waals surface area contributed by atoms with E-state index < -0.39 is 0 Å². The Morgan fingerprint density at radius 3 is 2.41 bits per heavy atom. The third kappa shape index (κ3) is 2.64. The van der Waals surface area contributed by atoms with Crippen LogP contribution in [-0.4, -0.2) is 25.0 Å². The van der Waals surface area contributed by atoms with Crippen molar-refractivity contribution < 1.29 is 14.3 Å². The van der Waals surface area contributed by atoms with Gasteiger partial charge in [0.25, 0.3) is 0 Å². The summed E-state index contributed by atoms with van der Waals surface area (Å²) in [6, 6.07) is 16.1. The van der Waals surface area contributed by atoms with E-state index in [0.717, 1.165) is 5.56 Å². The number of likely N-dealkylation sites (tertiary alicyclic amines) is 1. The lowest BCUT2D eigenvalue weighted by atomic mass is 9.93. The number of methoxy groups -OCH3 is 2. The summed E-state index contributed by atoms with van der Waals surface area (Å²) in [4.78, 5) is 13.9. The molecule has 2 aromatic rings. The van der Waals surface area contributed by atoms with E-state index in [-0.39, 0.29) is 11.9 Å². The molecule has 0 aliphatic carbocycles. The minimum Gasteiger partial charge on any atom is -0.493 e. The van der Waals surface area contributed by atoms with E-state index in [0.29, 0.717) is 24.5 Å². The molecule has 1 amide bonds. The Morgan fingerprint density at radius 2 is 1.77 bits per heavy atom.